The number of halogens is 2. The van der Waals surface area contributed by atoms with Crippen molar-refractivity contribution in [3.8, 4) is 5.75 Å². The molecule has 2 N–H and O–H groups in total. The van der Waals surface area contributed by atoms with Crippen LogP contribution in [-0.4, -0.2) is 65.6 Å². The normalized spacial score (nSPS) is 21.2. The molecule has 0 unspecified atom stereocenters. The molecule has 7 nitrogen and oxygen atoms in total. The molecule has 3 atom stereocenters. The van der Waals surface area contributed by atoms with E-state index in [0.29, 0.717) is 41.1 Å². The van der Waals surface area contributed by atoms with Gasteiger partial charge in [-0.15, -0.1) is 0 Å². The molecule has 2 amide bonds. The summed E-state index contributed by atoms with van der Waals surface area (Å²) >= 11 is 12.3. The number of nitrogens with zero attached hydrogens (tertiary/aromatic N) is 2. The highest BCUT2D eigenvalue weighted by atomic mass is 35.5. The molecular weight excluding hydrogens is 549 g/mol. The van der Waals surface area contributed by atoms with Gasteiger partial charge in [-0.05, 0) is 62.7 Å². The summed E-state index contributed by atoms with van der Waals surface area (Å²) in [7, 11) is 2.02. The van der Waals surface area contributed by atoms with Gasteiger partial charge in [0.05, 0.1) is 29.1 Å². The molecule has 0 radical (unpaired) electrons. The number of aliphatic hydroxyl groups is 1. The van der Waals surface area contributed by atoms with Gasteiger partial charge in [0.25, 0.3) is 0 Å². The number of benzene rings is 2. The Kier molecular flexibility index (Phi) is 10.7. The van der Waals surface area contributed by atoms with Gasteiger partial charge in [0.1, 0.15) is 11.9 Å². The van der Waals surface area contributed by atoms with Crippen molar-refractivity contribution in [3.05, 3.63) is 57.6 Å². The van der Waals surface area contributed by atoms with Crippen LogP contribution in [0.2, 0.25) is 10.0 Å². The number of carbonyl (C=O) groups is 2. The van der Waals surface area contributed by atoms with Crippen LogP contribution in [0, 0.1) is 11.8 Å². The SMILES string of the molecule is C[C@H]1CN([C@@H](C)CO)C(=O)Cc2cc(NC(=O)C3CCCCC3)ccc2O[C@@H]1CN(C)Cc1ccc(Cl)c(Cl)c1. The second kappa shape index (κ2) is 14.0. The largest absolute Gasteiger partial charge is 0.488 e. The van der Waals surface area contributed by atoms with E-state index in [0.717, 1.165) is 36.8 Å². The molecular formula is C31H41Cl2N3O4. The highest BCUT2D eigenvalue weighted by molar-refractivity contribution is 6.42. The van der Waals surface area contributed by atoms with Gasteiger partial charge >= 0.3 is 0 Å². The molecule has 9 heteroatoms. The molecule has 0 saturated heterocycles. The van der Waals surface area contributed by atoms with Gasteiger partial charge in [0.15, 0.2) is 0 Å². The van der Waals surface area contributed by atoms with Gasteiger partial charge in [-0.1, -0.05) is 55.5 Å². The zero-order valence-corrected chi connectivity index (χ0v) is 25.2. The molecule has 2 aromatic rings. The Balaban J connectivity index is 1.56. The Bertz CT molecular complexity index is 1190. The van der Waals surface area contributed by atoms with Crippen LogP contribution in [0.15, 0.2) is 36.4 Å². The van der Waals surface area contributed by atoms with Crippen LogP contribution < -0.4 is 10.1 Å². The predicted molar refractivity (Wildman–Crippen MR) is 160 cm³/mol. The van der Waals surface area contributed by atoms with Gasteiger partial charge in [-0.3, -0.25) is 14.5 Å². The first kappa shape index (κ1) is 30.6. The summed E-state index contributed by atoms with van der Waals surface area (Å²) in [6, 6.07) is 10.9. The van der Waals surface area contributed by atoms with Crippen LogP contribution in [0.3, 0.4) is 0 Å². The van der Waals surface area contributed by atoms with Crippen molar-refractivity contribution in [2.45, 2.75) is 71.1 Å². The van der Waals surface area contributed by atoms with Crippen LogP contribution in [0.25, 0.3) is 0 Å². The van der Waals surface area contributed by atoms with E-state index in [9.17, 15) is 14.7 Å². The van der Waals surface area contributed by atoms with E-state index in [2.05, 4.69) is 17.1 Å². The molecule has 1 heterocycles. The molecule has 2 aliphatic rings. The Morgan fingerprint density at radius 3 is 2.60 bits per heavy atom. The van der Waals surface area contributed by atoms with E-state index in [-0.39, 0.29) is 48.8 Å². The second-order valence-corrected chi connectivity index (χ2v) is 12.3. The van der Waals surface area contributed by atoms with E-state index in [1.165, 1.54) is 6.42 Å². The maximum atomic E-state index is 13.5. The number of nitrogens with one attached hydrogen (secondary N) is 1. The van der Waals surface area contributed by atoms with Crippen molar-refractivity contribution in [2.75, 3.05) is 32.1 Å². The number of likely N-dealkylation sites (N-methyl/N-ethyl adjacent to an activating group) is 1. The van der Waals surface area contributed by atoms with Gasteiger partial charge in [-0.2, -0.15) is 0 Å². The maximum absolute atomic E-state index is 13.5. The fourth-order valence-electron chi connectivity index (χ4n) is 5.66. The van der Waals surface area contributed by atoms with Crippen molar-refractivity contribution < 1.29 is 19.4 Å². The highest BCUT2D eigenvalue weighted by Gasteiger charge is 2.31. The number of hydrogen-bond donors (Lipinski definition) is 2. The minimum Gasteiger partial charge on any atom is -0.488 e. The topological polar surface area (TPSA) is 82.1 Å². The van der Waals surface area contributed by atoms with Crippen LogP contribution in [0.4, 0.5) is 5.69 Å². The van der Waals surface area contributed by atoms with Gasteiger partial charge in [-0.25, -0.2) is 0 Å². The van der Waals surface area contributed by atoms with Gasteiger partial charge < -0.3 is 20.1 Å². The molecule has 0 aromatic heterocycles. The summed E-state index contributed by atoms with van der Waals surface area (Å²) in [6.45, 7) is 5.54. The zero-order valence-electron chi connectivity index (χ0n) is 23.7. The van der Waals surface area contributed by atoms with Gasteiger partial charge in [0, 0.05) is 42.7 Å². The first-order valence-electron chi connectivity index (χ1n) is 14.3. The minimum absolute atomic E-state index is 0.00848. The average molecular weight is 591 g/mol. The molecule has 4 rings (SSSR count). The van der Waals surface area contributed by atoms with Crippen LogP contribution >= 0.6 is 23.2 Å². The van der Waals surface area contributed by atoms with Crippen molar-refractivity contribution in [1.82, 2.24) is 9.80 Å². The smallest absolute Gasteiger partial charge is 0.227 e. The van der Waals surface area contributed by atoms with E-state index < -0.39 is 0 Å². The Labute approximate surface area is 247 Å². The molecule has 2 aromatic carbocycles. The molecule has 1 fully saturated rings. The monoisotopic (exact) mass is 589 g/mol. The number of rotatable bonds is 8. The van der Waals surface area contributed by atoms with Crippen LogP contribution in [-0.2, 0) is 22.6 Å². The number of fused-ring (bicyclic) bond motifs is 1. The van der Waals surface area contributed by atoms with Gasteiger partial charge in [0.2, 0.25) is 11.8 Å². The minimum atomic E-state index is -0.319. The Hall–Kier alpha value is -2.32. The number of aliphatic hydroxyl groups excluding tert-OH is 1. The number of hydrogen-bond acceptors (Lipinski definition) is 5. The molecule has 1 aliphatic heterocycles. The lowest BCUT2D eigenvalue weighted by Crippen LogP contribution is -2.47. The molecule has 40 heavy (non-hydrogen) atoms. The highest BCUT2D eigenvalue weighted by Crippen LogP contribution is 2.31. The summed E-state index contributed by atoms with van der Waals surface area (Å²) in [5, 5.41) is 14.0. The first-order valence-corrected chi connectivity index (χ1v) is 15.0. The fourth-order valence-corrected chi connectivity index (χ4v) is 5.98. The third-order valence-corrected chi connectivity index (χ3v) is 8.83. The van der Waals surface area contributed by atoms with Crippen molar-refractivity contribution >= 4 is 40.7 Å². The van der Waals surface area contributed by atoms with Crippen molar-refractivity contribution in [3.63, 3.8) is 0 Å². The first-order chi connectivity index (χ1) is 19.1. The quantitative estimate of drug-likeness (QED) is 0.407. The third-order valence-electron chi connectivity index (χ3n) is 8.09. The lowest BCUT2D eigenvalue weighted by Gasteiger charge is -2.34. The number of amides is 2. The van der Waals surface area contributed by atoms with E-state index in [1.54, 1.807) is 11.0 Å². The predicted octanol–water partition coefficient (Wildman–Crippen LogP) is 5.79. The molecule has 1 aliphatic carbocycles. The molecule has 0 spiro atoms. The van der Waals surface area contributed by atoms with Crippen molar-refractivity contribution in [1.29, 1.82) is 0 Å². The average Bonchev–Trinajstić information content (AvgIpc) is 2.98. The lowest BCUT2D eigenvalue weighted by molar-refractivity contribution is -0.134. The third kappa shape index (κ3) is 7.90. The number of ether oxygens (including phenoxy) is 1. The fraction of sp³-hybridized carbons (Fsp3) is 0.548. The van der Waals surface area contributed by atoms with E-state index >= 15 is 0 Å². The zero-order chi connectivity index (χ0) is 28.8. The number of carbonyl (C=O) groups excluding carboxylic acids is 2. The number of anilines is 1. The summed E-state index contributed by atoms with van der Waals surface area (Å²) in [5.41, 5.74) is 2.44. The van der Waals surface area contributed by atoms with Crippen LogP contribution in [0.5, 0.6) is 5.75 Å². The molecule has 1 saturated carbocycles. The summed E-state index contributed by atoms with van der Waals surface area (Å²) in [6.07, 6.45) is 5.10. The summed E-state index contributed by atoms with van der Waals surface area (Å²) in [5.74, 6) is 0.641. The molecule has 218 valence electrons. The standard InChI is InChI=1S/C31H41Cl2N3O4/c1-20-16-36(21(2)19-37)30(38)15-24-14-25(34-31(39)23-7-5-4-6-8-23)10-12-28(24)40-29(20)18-35(3)17-22-9-11-26(32)27(33)13-22/h9-14,20-21,23,29,37H,4-8,15-19H2,1-3H3,(H,34,39)/t20-,21-,29+/m0/s1. The van der Waals surface area contributed by atoms with E-state index in [1.807, 2.05) is 44.3 Å². The Morgan fingerprint density at radius 2 is 1.90 bits per heavy atom. The van der Waals surface area contributed by atoms with Crippen molar-refractivity contribution in [2.24, 2.45) is 11.8 Å². The van der Waals surface area contributed by atoms with E-state index in [4.69, 9.17) is 27.9 Å². The summed E-state index contributed by atoms with van der Waals surface area (Å²) in [4.78, 5) is 30.3. The van der Waals surface area contributed by atoms with Crippen LogP contribution in [0.1, 0.15) is 57.1 Å². The second-order valence-electron chi connectivity index (χ2n) is 11.5. The molecule has 0 bridgehead atoms. The Morgan fingerprint density at radius 1 is 1.15 bits per heavy atom. The maximum Gasteiger partial charge on any atom is 0.227 e. The lowest BCUT2D eigenvalue weighted by atomic mass is 9.88. The summed E-state index contributed by atoms with van der Waals surface area (Å²) < 4.78 is 6.62.